The van der Waals surface area contributed by atoms with Crippen LogP contribution in [0, 0.1) is 11.8 Å². The molecule has 4 nitrogen and oxygen atoms in total. The quantitative estimate of drug-likeness (QED) is 0.899. The van der Waals surface area contributed by atoms with Gasteiger partial charge in [0.1, 0.15) is 0 Å². The van der Waals surface area contributed by atoms with Gasteiger partial charge in [-0.1, -0.05) is 19.8 Å². The number of hydrogen-bond donors (Lipinski definition) is 1. The smallest absolute Gasteiger partial charge is 0.203 e. The molecule has 1 aliphatic rings. The van der Waals surface area contributed by atoms with Gasteiger partial charge < -0.3 is 19.9 Å². The van der Waals surface area contributed by atoms with Crippen molar-refractivity contribution in [1.29, 1.82) is 0 Å². The van der Waals surface area contributed by atoms with Crippen molar-refractivity contribution in [3.63, 3.8) is 0 Å². The molecular weight excluding hydrogens is 254 g/mol. The van der Waals surface area contributed by atoms with Crippen LogP contribution in [0.15, 0.2) is 12.1 Å². The molecule has 1 aliphatic carbocycles. The van der Waals surface area contributed by atoms with Crippen LogP contribution in [0.1, 0.15) is 37.8 Å². The second kappa shape index (κ2) is 6.35. The molecule has 3 atom stereocenters. The van der Waals surface area contributed by atoms with Crippen LogP contribution >= 0.6 is 0 Å². The van der Waals surface area contributed by atoms with Crippen LogP contribution in [-0.2, 0) is 0 Å². The minimum atomic E-state index is -0.0257. The lowest BCUT2D eigenvalue weighted by atomic mass is 9.86. The van der Waals surface area contributed by atoms with E-state index < -0.39 is 0 Å². The van der Waals surface area contributed by atoms with Crippen LogP contribution < -0.4 is 19.9 Å². The maximum Gasteiger partial charge on any atom is 0.203 e. The molecule has 0 heterocycles. The second-order valence-corrected chi connectivity index (χ2v) is 5.52. The van der Waals surface area contributed by atoms with E-state index in [0.29, 0.717) is 29.1 Å². The summed E-state index contributed by atoms with van der Waals surface area (Å²) < 4.78 is 16.3. The molecule has 0 bridgehead atoms. The predicted molar refractivity (Wildman–Crippen MR) is 79.5 cm³/mol. The van der Waals surface area contributed by atoms with E-state index in [1.54, 1.807) is 21.3 Å². The molecule has 1 saturated carbocycles. The zero-order chi connectivity index (χ0) is 14.7. The van der Waals surface area contributed by atoms with E-state index in [1.165, 1.54) is 19.3 Å². The molecule has 0 amide bonds. The van der Waals surface area contributed by atoms with Gasteiger partial charge in [0.15, 0.2) is 11.5 Å². The Kier molecular flexibility index (Phi) is 4.76. The molecule has 0 radical (unpaired) electrons. The van der Waals surface area contributed by atoms with Gasteiger partial charge >= 0.3 is 0 Å². The Hall–Kier alpha value is -1.42. The van der Waals surface area contributed by atoms with Crippen LogP contribution in [0.5, 0.6) is 17.2 Å². The van der Waals surface area contributed by atoms with Gasteiger partial charge in [-0.3, -0.25) is 0 Å². The second-order valence-electron chi connectivity index (χ2n) is 5.52. The van der Waals surface area contributed by atoms with Gasteiger partial charge in [-0.25, -0.2) is 0 Å². The lowest BCUT2D eigenvalue weighted by Gasteiger charge is -2.26. The molecule has 112 valence electrons. The normalized spacial score (nSPS) is 23.4. The van der Waals surface area contributed by atoms with Gasteiger partial charge in [0.05, 0.1) is 21.3 Å². The van der Waals surface area contributed by atoms with Crippen LogP contribution in [-0.4, -0.2) is 21.3 Å². The van der Waals surface area contributed by atoms with Crippen molar-refractivity contribution in [2.45, 2.75) is 32.2 Å². The van der Waals surface area contributed by atoms with Crippen molar-refractivity contribution >= 4 is 0 Å². The van der Waals surface area contributed by atoms with Gasteiger partial charge in [0, 0.05) is 11.6 Å². The summed E-state index contributed by atoms with van der Waals surface area (Å²) >= 11 is 0. The lowest BCUT2D eigenvalue weighted by Crippen LogP contribution is -2.24. The van der Waals surface area contributed by atoms with Gasteiger partial charge in [-0.2, -0.15) is 0 Å². The van der Waals surface area contributed by atoms with E-state index in [2.05, 4.69) is 6.92 Å². The first-order valence-electron chi connectivity index (χ1n) is 7.18. The average molecular weight is 279 g/mol. The highest BCUT2D eigenvalue weighted by molar-refractivity contribution is 5.56. The Morgan fingerprint density at radius 1 is 1.05 bits per heavy atom. The van der Waals surface area contributed by atoms with E-state index in [0.717, 1.165) is 5.56 Å². The first-order chi connectivity index (χ1) is 9.63. The zero-order valence-electron chi connectivity index (χ0n) is 12.8. The molecule has 0 saturated heterocycles. The van der Waals surface area contributed by atoms with E-state index in [1.807, 2.05) is 12.1 Å². The molecule has 2 rings (SSSR count). The highest BCUT2D eigenvalue weighted by Crippen LogP contribution is 2.46. The highest BCUT2D eigenvalue weighted by Gasteiger charge is 2.32. The maximum absolute atomic E-state index is 6.51. The Morgan fingerprint density at radius 3 is 2.25 bits per heavy atom. The summed E-state index contributed by atoms with van der Waals surface area (Å²) in [4.78, 5) is 0. The standard InChI is InChI=1S/C16H25NO3/c1-10-6-5-7-11(10)14(17)12-8-9-13(18-2)16(20-4)15(12)19-3/h8-11,14H,5-7,17H2,1-4H3. The van der Waals surface area contributed by atoms with E-state index >= 15 is 0 Å². The average Bonchev–Trinajstić information content (AvgIpc) is 2.90. The summed E-state index contributed by atoms with van der Waals surface area (Å²) in [5.74, 6) is 3.14. The third-order valence-corrected chi connectivity index (χ3v) is 4.48. The molecule has 0 aliphatic heterocycles. The summed E-state index contributed by atoms with van der Waals surface area (Å²) in [6, 6.07) is 3.87. The molecule has 20 heavy (non-hydrogen) atoms. The Balaban J connectivity index is 2.40. The van der Waals surface area contributed by atoms with Crippen LogP contribution in [0.25, 0.3) is 0 Å². The molecule has 1 aromatic rings. The Labute approximate surface area is 121 Å². The van der Waals surface area contributed by atoms with Crippen molar-refractivity contribution in [3.05, 3.63) is 17.7 Å². The molecule has 1 fully saturated rings. The summed E-state index contributed by atoms with van der Waals surface area (Å²) in [6.45, 7) is 2.28. The fourth-order valence-corrected chi connectivity index (χ4v) is 3.33. The van der Waals surface area contributed by atoms with Crippen LogP contribution in [0.3, 0.4) is 0 Å². The fraction of sp³-hybridized carbons (Fsp3) is 0.625. The van der Waals surface area contributed by atoms with Crippen molar-refractivity contribution in [3.8, 4) is 17.2 Å². The summed E-state index contributed by atoms with van der Waals surface area (Å²) in [5.41, 5.74) is 7.51. The third kappa shape index (κ3) is 2.57. The van der Waals surface area contributed by atoms with Crippen LogP contribution in [0.4, 0.5) is 0 Å². The minimum Gasteiger partial charge on any atom is -0.493 e. The number of rotatable bonds is 5. The SMILES string of the molecule is COc1ccc(C(N)C2CCCC2C)c(OC)c1OC. The van der Waals surface area contributed by atoms with E-state index in [-0.39, 0.29) is 6.04 Å². The van der Waals surface area contributed by atoms with E-state index in [9.17, 15) is 0 Å². The molecule has 0 spiro atoms. The van der Waals surface area contributed by atoms with Gasteiger partial charge in [-0.15, -0.1) is 0 Å². The topological polar surface area (TPSA) is 53.7 Å². The first kappa shape index (κ1) is 15.0. The summed E-state index contributed by atoms with van der Waals surface area (Å²) in [6.07, 6.45) is 3.70. The van der Waals surface area contributed by atoms with Crippen molar-refractivity contribution in [1.82, 2.24) is 0 Å². The third-order valence-electron chi connectivity index (χ3n) is 4.48. The largest absolute Gasteiger partial charge is 0.493 e. The minimum absolute atomic E-state index is 0.0257. The molecule has 1 aromatic carbocycles. The van der Waals surface area contributed by atoms with Gasteiger partial charge in [-0.05, 0) is 30.4 Å². The Morgan fingerprint density at radius 2 is 1.75 bits per heavy atom. The number of nitrogens with two attached hydrogens (primary N) is 1. The fourth-order valence-electron chi connectivity index (χ4n) is 3.33. The number of methoxy groups -OCH3 is 3. The number of hydrogen-bond acceptors (Lipinski definition) is 4. The van der Waals surface area contributed by atoms with E-state index in [4.69, 9.17) is 19.9 Å². The van der Waals surface area contributed by atoms with Crippen LogP contribution in [0.2, 0.25) is 0 Å². The molecule has 3 unspecified atom stereocenters. The highest BCUT2D eigenvalue weighted by atomic mass is 16.5. The summed E-state index contributed by atoms with van der Waals surface area (Å²) in [5, 5.41) is 0. The summed E-state index contributed by atoms with van der Waals surface area (Å²) in [7, 11) is 4.88. The van der Waals surface area contributed by atoms with Gasteiger partial charge in [0.25, 0.3) is 0 Å². The van der Waals surface area contributed by atoms with Gasteiger partial charge in [0.2, 0.25) is 5.75 Å². The molecule has 4 heteroatoms. The number of ether oxygens (including phenoxy) is 3. The zero-order valence-corrected chi connectivity index (χ0v) is 12.8. The first-order valence-corrected chi connectivity index (χ1v) is 7.18. The Bertz CT molecular complexity index is 461. The monoisotopic (exact) mass is 279 g/mol. The molecule has 0 aromatic heterocycles. The predicted octanol–water partition coefficient (Wildman–Crippen LogP) is 3.15. The van der Waals surface area contributed by atoms with Crippen molar-refractivity contribution < 1.29 is 14.2 Å². The van der Waals surface area contributed by atoms with Crippen molar-refractivity contribution in [2.24, 2.45) is 17.6 Å². The molecular formula is C16H25NO3. The number of benzene rings is 1. The maximum atomic E-state index is 6.51. The van der Waals surface area contributed by atoms with Crippen molar-refractivity contribution in [2.75, 3.05) is 21.3 Å². The molecule has 2 N–H and O–H groups in total. The lowest BCUT2D eigenvalue weighted by molar-refractivity contribution is 0.307.